The summed E-state index contributed by atoms with van der Waals surface area (Å²) in [5.74, 6) is -0.153. The number of carbonyl (C=O) groups is 2. The van der Waals surface area contributed by atoms with Gasteiger partial charge in [-0.15, -0.1) is 0 Å². The van der Waals surface area contributed by atoms with E-state index < -0.39 is 0 Å². The molecule has 2 amide bonds. The Morgan fingerprint density at radius 3 is 1.00 bits per heavy atom. The fourth-order valence-corrected chi connectivity index (χ4v) is 6.13. The van der Waals surface area contributed by atoms with Gasteiger partial charge in [0, 0.05) is 37.3 Å². The van der Waals surface area contributed by atoms with Crippen molar-refractivity contribution in [3.63, 3.8) is 0 Å². The molecule has 0 aliphatic rings. The van der Waals surface area contributed by atoms with Gasteiger partial charge in [0.25, 0.3) is 11.8 Å². The van der Waals surface area contributed by atoms with Crippen molar-refractivity contribution in [2.75, 3.05) is 52.4 Å². The maximum Gasteiger partial charge on any atom is 0.251 e. The lowest BCUT2D eigenvalue weighted by Crippen LogP contribution is -2.36. The third-order valence-electron chi connectivity index (χ3n) is 9.39. The Hall–Kier alpha value is -1.92. The lowest BCUT2D eigenvalue weighted by atomic mass is 10.1. The predicted octanol–water partition coefficient (Wildman–Crippen LogP) is 9.63. The molecule has 0 saturated carbocycles. The average molecular weight is 643 g/mol. The maximum atomic E-state index is 12.7. The van der Waals surface area contributed by atoms with Crippen molar-refractivity contribution in [1.82, 2.24) is 20.4 Å². The van der Waals surface area contributed by atoms with Gasteiger partial charge in [-0.05, 0) is 63.3 Å². The Balaban J connectivity index is 2.17. The lowest BCUT2D eigenvalue weighted by molar-refractivity contribution is 0.0936. The van der Waals surface area contributed by atoms with Crippen molar-refractivity contribution < 1.29 is 9.59 Å². The van der Waals surface area contributed by atoms with Crippen LogP contribution in [0.4, 0.5) is 0 Å². The van der Waals surface area contributed by atoms with Gasteiger partial charge in [0.15, 0.2) is 0 Å². The molecular weight excluding hydrogens is 568 g/mol. The Bertz CT molecular complexity index is 775. The first-order chi connectivity index (χ1) is 22.5. The van der Waals surface area contributed by atoms with E-state index in [4.69, 9.17) is 0 Å². The molecule has 266 valence electrons. The molecule has 1 aromatic carbocycles. The van der Waals surface area contributed by atoms with Gasteiger partial charge in [-0.3, -0.25) is 9.59 Å². The first-order valence-corrected chi connectivity index (χ1v) is 19.7. The normalized spacial score (nSPS) is 11.4. The summed E-state index contributed by atoms with van der Waals surface area (Å²) >= 11 is 0. The standard InChI is InChI=1S/C40H74N4O2/c1-5-9-11-13-15-17-19-21-23-25-33-43(7-3)35-31-41-39(45)37-27-29-38(30-28-37)40(46)42-32-36-44(8-4)34-26-24-22-20-18-16-14-12-10-6-2/h27-30H,5-26,31-36H2,1-4H3,(H,41,45)(H,42,46). The van der Waals surface area contributed by atoms with Crippen molar-refractivity contribution in [3.8, 4) is 0 Å². The van der Waals surface area contributed by atoms with Gasteiger partial charge >= 0.3 is 0 Å². The molecule has 0 saturated heterocycles. The van der Waals surface area contributed by atoms with E-state index >= 15 is 0 Å². The van der Waals surface area contributed by atoms with Crippen molar-refractivity contribution in [2.24, 2.45) is 0 Å². The minimum absolute atomic E-state index is 0.0764. The third kappa shape index (κ3) is 22.6. The molecule has 0 fully saturated rings. The highest BCUT2D eigenvalue weighted by atomic mass is 16.2. The van der Waals surface area contributed by atoms with Crippen molar-refractivity contribution in [3.05, 3.63) is 35.4 Å². The highest BCUT2D eigenvalue weighted by Crippen LogP contribution is 2.12. The van der Waals surface area contributed by atoms with Gasteiger partial charge in [0.1, 0.15) is 0 Å². The van der Waals surface area contributed by atoms with E-state index in [1.165, 1.54) is 128 Å². The first kappa shape index (κ1) is 42.1. The van der Waals surface area contributed by atoms with Crippen LogP contribution in [0.1, 0.15) is 177 Å². The lowest BCUT2D eigenvalue weighted by Gasteiger charge is -2.20. The molecule has 46 heavy (non-hydrogen) atoms. The molecule has 0 radical (unpaired) electrons. The Kier molecular flexibility index (Phi) is 27.8. The average Bonchev–Trinajstić information content (AvgIpc) is 3.08. The Morgan fingerprint density at radius 2 is 0.717 bits per heavy atom. The summed E-state index contributed by atoms with van der Waals surface area (Å²) < 4.78 is 0. The molecule has 0 heterocycles. The van der Waals surface area contributed by atoms with E-state index in [1.807, 2.05) is 0 Å². The maximum absolute atomic E-state index is 12.7. The fraction of sp³-hybridized carbons (Fsp3) is 0.800. The zero-order valence-corrected chi connectivity index (χ0v) is 30.8. The first-order valence-electron chi connectivity index (χ1n) is 19.7. The van der Waals surface area contributed by atoms with Crippen LogP contribution in [0.5, 0.6) is 0 Å². The molecule has 0 aromatic heterocycles. The largest absolute Gasteiger partial charge is 0.351 e. The van der Waals surface area contributed by atoms with Gasteiger partial charge in [0.05, 0.1) is 0 Å². The van der Waals surface area contributed by atoms with Gasteiger partial charge in [0.2, 0.25) is 0 Å². The number of likely N-dealkylation sites (N-methyl/N-ethyl adjacent to an activating group) is 2. The smallest absolute Gasteiger partial charge is 0.251 e. The number of amides is 2. The molecular formula is C40H74N4O2. The monoisotopic (exact) mass is 643 g/mol. The fourth-order valence-electron chi connectivity index (χ4n) is 6.13. The van der Waals surface area contributed by atoms with Gasteiger partial charge in [-0.25, -0.2) is 0 Å². The Labute approximate surface area is 285 Å². The van der Waals surface area contributed by atoms with Crippen LogP contribution in [0.2, 0.25) is 0 Å². The second-order valence-corrected chi connectivity index (χ2v) is 13.3. The number of nitrogens with zero attached hydrogens (tertiary/aromatic N) is 2. The minimum atomic E-state index is -0.0764. The topological polar surface area (TPSA) is 64.7 Å². The molecule has 0 unspecified atom stereocenters. The van der Waals surface area contributed by atoms with E-state index in [9.17, 15) is 9.59 Å². The summed E-state index contributed by atoms with van der Waals surface area (Å²) in [6.07, 6.45) is 27.1. The predicted molar refractivity (Wildman–Crippen MR) is 199 cm³/mol. The molecule has 0 spiro atoms. The summed E-state index contributed by atoms with van der Waals surface area (Å²) in [5.41, 5.74) is 1.20. The number of unbranched alkanes of at least 4 members (excludes halogenated alkanes) is 18. The molecule has 6 heteroatoms. The van der Waals surface area contributed by atoms with Crippen LogP contribution in [0.3, 0.4) is 0 Å². The number of carbonyl (C=O) groups excluding carboxylic acids is 2. The van der Waals surface area contributed by atoms with Crippen LogP contribution in [0.25, 0.3) is 0 Å². The molecule has 0 atom stereocenters. The van der Waals surface area contributed by atoms with Gasteiger partial charge in [-0.2, -0.15) is 0 Å². The van der Waals surface area contributed by atoms with Crippen LogP contribution >= 0.6 is 0 Å². The highest BCUT2D eigenvalue weighted by molar-refractivity contribution is 5.97. The van der Waals surface area contributed by atoms with E-state index in [2.05, 4.69) is 48.1 Å². The van der Waals surface area contributed by atoms with Crippen LogP contribution in [0.15, 0.2) is 24.3 Å². The summed E-state index contributed by atoms with van der Waals surface area (Å²) in [5, 5.41) is 6.12. The summed E-state index contributed by atoms with van der Waals surface area (Å²) in [4.78, 5) is 30.2. The molecule has 1 aromatic rings. The SMILES string of the molecule is CCCCCCCCCCCCN(CC)CCNC(=O)c1ccc(C(=O)NCCN(CC)CCCCCCCCCCCC)cc1. The van der Waals surface area contributed by atoms with Crippen LogP contribution in [-0.2, 0) is 0 Å². The summed E-state index contributed by atoms with van der Waals surface area (Å²) in [6.45, 7) is 16.2. The van der Waals surface area contributed by atoms with Crippen LogP contribution in [0, 0.1) is 0 Å². The van der Waals surface area contributed by atoms with Crippen LogP contribution < -0.4 is 10.6 Å². The molecule has 1 rings (SSSR count). The number of benzene rings is 1. The van der Waals surface area contributed by atoms with E-state index in [1.54, 1.807) is 24.3 Å². The van der Waals surface area contributed by atoms with Crippen molar-refractivity contribution in [2.45, 2.75) is 156 Å². The van der Waals surface area contributed by atoms with E-state index in [-0.39, 0.29) is 11.8 Å². The molecule has 0 bridgehead atoms. The van der Waals surface area contributed by atoms with E-state index in [0.717, 1.165) is 39.3 Å². The highest BCUT2D eigenvalue weighted by Gasteiger charge is 2.10. The van der Waals surface area contributed by atoms with Crippen molar-refractivity contribution >= 4 is 11.8 Å². The molecule has 6 nitrogen and oxygen atoms in total. The minimum Gasteiger partial charge on any atom is -0.351 e. The second-order valence-electron chi connectivity index (χ2n) is 13.3. The molecule has 0 aliphatic carbocycles. The van der Waals surface area contributed by atoms with Crippen molar-refractivity contribution in [1.29, 1.82) is 0 Å². The van der Waals surface area contributed by atoms with E-state index in [0.29, 0.717) is 24.2 Å². The zero-order valence-electron chi connectivity index (χ0n) is 30.8. The molecule has 0 aliphatic heterocycles. The number of rotatable bonds is 32. The molecule has 2 N–H and O–H groups in total. The summed E-state index contributed by atoms with van der Waals surface area (Å²) in [7, 11) is 0. The quantitative estimate of drug-likeness (QED) is 0.0768. The van der Waals surface area contributed by atoms with Gasteiger partial charge < -0.3 is 20.4 Å². The Morgan fingerprint density at radius 1 is 0.435 bits per heavy atom. The number of hydrogen-bond acceptors (Lipinski definition) is 4. The van der Waals surface area contributed by atoms with Crippen LogP contribution in [-0.4, -0.2) is 74.0 Å². The third-order valence-corrected chi connectivity index (χ3v) is 9.39. The number of nitrogens with one attached hydrogen (secondary N) is 2. The van der Waals surface area contributed by atoms with Gasteiger partial charge in [-0.1, -0.05) is 143 Å². The summed E-state index contributed by atoms with van der Waals surface area (Å²) in [6, 6.07) is 7.04. The number of hydrogen-bond donors (Lipinski definition) is 2. The second kappa shape index (κ2) is 30.4. The zero-order chi connectivity index (χ0) is 33.5.